The lowest BCUT2D eigenvalue weighted by molar-refractivity contribution is 0.416. The van der Waals surface area contributed by atoms with Crippen LogP contribution in [0, 0.1) is 6.92 Å². The number of ether oxygens (including phenoxy) is 1. The number of hydrogen-bond acceptors (Lipinski definition) is 3. The highest BCUT2D eigenvalue weighted by molar-refractivity contribution is 5.70. The Labute approximate surface area is 107 Å². The number of benzene rings is 1. The molecule has 0 bridgehead atoms. The van der Waals surface area contributed by atoms with Gasteiger partial charge in [0.05, 0.1) is 12.8 Å². The van der Waals surface area contributed by atoms with E-state index in [1.54, 1.807) is 7.11 Å². The zero-order chi connectivity index (χ0) is 13.1. The molecule has 0 aliphatic rings. The second-order valence-electron chi connectivity index (χ2n) is 4.42. The van der Waals surface area contributed by atoms with E-state index in [4.69, 9.17) is 10.5 Å². The zero-order valence-electron chi connectivity index (χ0n) is 11.1. The minimum atomic E-state index is 0.618. The summed E-state index contributed by atoms with van der Waals surface area (Å²) in [4.78, 5) is 0. The molecule has 18 heavy (non-hydrogen) atoms. The number of nitrogens with zero attached hydrogens (tertiary/aromatic N) is 2. The summed E-state index contributed by atoms with van der Waals surface area (Å²) >= 11 is 0. The molecule has 1 heterocycles. The number of rotatable bonds is 4. The van der Waals surface area contributed by atoms with E-state index >= 15 is 0 Å². The topological polar surface area (TPSA) is 53.1 Å². The fourth-order valence-corrected chi connectivity index (χ4v) is 2.11. The van der Waals surface area contributed by atoms with Gasteiger partial charge >= 0.3 is 0 Å². The molecule has 0 saturated carbocycles. The van der Waals surface area contributed by atoms with Gasteiger partial charge in [0.15, 0.2) is 0 Å². The van der Waals surface area contributed by atoms with Crippen LogP contribution in [-0.4, -0.2) is 23.4 Å². The Kier molecular flexibility index (Phi) is 3.67. The van der Waals surface area contributed by atoms with Gasteiger partial charge in [-0.3, -0.25) is 4.68 Å². The van der Waals surface area contributed by atoms with Gasteiger partial charge in [0, 0.05) is 18.8 Å². The summed E-state index contributed by atoms with van der Waals surface area (Å²) < 4.78 is 7.24. The van der Waals surface area contributed by atoms with E-state index in [-0.39, 0.29) is 0 Å². The summed E-state index contributed by atoms with van der Waals surface area (Å²) in [5, 5.41) is 4.53. The first kappa shape index (κ1) is 12.6. The first-order chi connectivity index (χ1) is 8.65. The monoisotopic (exact) mass is 245 g/mol. The Morgan fingerprint density at radius 2 is 2.17 bits per heavy atom. The van der Waals surface area contributed by atoms with E-state index in [0.717, 1.165) is 29.0 Å². The number of methoxy groups -OCH3 is 1. The van der Waals surface area contributed by atoms with Crippen LogP contribution in [0.2, 0.25) is 0 Å². The number of hydrogen-bond donors (Lipinski definition) is 1. The molecule has 0 unspecified atom stereocenters. The van der Waals surface area contributed by atoms with Gasteiger partial charge in [-0.1, -0.05) is 11.6 Å². The molecule has 4 nitrogen and oxygen atoms in total. The van der Waals surface area contributed by atoms with Gasteiger partial charge < -0.3 is 10.5 Å². The summed E-state index contributed by atoms with van der Waals surface area (Å²) in [6, 6.07) is 6.11. The van der Waals surface area contributed by atoms with Crippen molar-refractivity contribution in [3.63, 3.8) is 0 Å². The lowest BCUT2D eigenvalue weighted by Crippen LogP contribution is -2.03. The number of aromatic nitrogens is 2. The summed E-state index contributed by atoms with van der Waals surface area (Å²) in [7, 11) is 3.60. The molecule has 0 amide bonds. The largest absolute Gasteiger partial charge is 0.496 e. The highest BCUT2D eigenvalue weighted by atomic mass is 16.5. The van der Waals surface area contributed by atoms with Crippen molar-refractivity contribution in [2.45, 2.75) is 13.3 Å². The SMILES string of the molecule is COc1ccc(C)cc1-c1nn(C)cc1CCN. The van der Waals surface area contributed by atoms with Crippen LogP contribution in [0.1, 0.15) is 11.1 Å². The van der Waals surface area contributed by atoms with Crippen molar-refractivity contribution in [1.82, 2.24) is 9.78 Å². The van der Waals surface area contributed by atoms with Crippen LogP contribution >= 0.6 is 0 Å². The van der Waals surface area contributed by atoms with E-state index in [0.29, 0.717) is 6.54 Å². The van der Waals surface area contributed by atoms with Gasteiger partial charge in [0.25, 0.3) is 0 Å². The van der Waals surface area contributed by atoms with Gasteiger partial charge in [-0.15, -0.1) is 0 Å². The summed E-state index contributed by atoms with van der Waals surface area (Å²) in [6.45, 7) is 2.68. The molecule has 4 heteroatoms. The molecule has 1 aromatic heterocycles. The molecule has 0 aliphatic heterocycles. The second kappa shape index (κ2) is 5.23. The lowest BCUT2D eigenvalue weighted by Gasteiger charge is -2.09. The van der Waals surface area contributed by atoms with Crippen molar-refractivity contribution in [1.29, 1.82) is 0 Å². The molecule has 2 aromatic rings. The average Bonchev–Trinajstić information content (AvgIpc) is 2.71. The number of aryl methyl sites for hydroxylation is 2. The quantitative estimate of drug-likeness (QED) is 0.895. The van der Waals surface area contributed by atoms with Gasteiger partial charge in [-0.05, 0) is 37.6 Å². The van der Waals surface area contributed by atoms with E-state index in [1.165, 1.54) is 5.56 Å². The average molecular weight is 245 g/mol. The summed E-state index contributed by atoms with van der Waals surface area (Å²) in [5.74, 6) is 0.845. The van der Waals surface area contributed by atoms with E-state index in [1.807, 2.05) is 30.1 Å². The molecule has 2 rings (SSSR count). The second-order valence-corrected chi connectivity index (χ2v) is 4.42. The molecule has 96 valence electrons. The lowest BCUT2D eigenvalue weighted by atomic mass is 10.0. The number of nitrogens with two attached hydrogens (primary N) is 1. The van der Waals surface area contributed by atoms with E-state index in [2.05, 4.69) is 18.1 Å². The third-order valence-corrected chi connectivity index (χ3v) is 2.93. The van der Waals surface area contributed by atoms with Gasteiger partial charge in [-0.25, -0.2) is 0 Å². The van der Waals surface area contributed by atoms with Crippen LogP contribution < -0.4 is 10.5 Å². The molecule has 0 aliphatic carbocycles. The van der Waals surface area contributed by atoms with Crippen molar-refractivity contribution >= 4 is 0 Å². The van der Waals surface area contributed by atoms with Gasteiger partial charge in [0.1, 0.15) is 5.75 Å². The summed E-state index contributed by atoms with van der Waals surface area (Å²) in [5.41, 5.74) is 9.99. The molecular formula is C14H19N3O. The zero-order valence-corrected chi connectivity index (χ0v) is 11.1. The van der Waals surface area contributed by atoms with Gasteiger partial charge in [-0.2, -0.15) is 5.10 Å². The predicted molar refractivity (Wildman–Crippen MR) is 72.7 cm³/mol. The van der Waals surface area contributed by atoms with Crippen LogP contribution in [0.25, 0.3) is 11.3 Å². The molecular weight excluding hydrogens is 226 g/mol. The third-order valence-electron chi connectivity index (χ3n) is 2.93. The standard InChI is InChI=1S/C14H19N3O/c1-10-4-5-13(18-3)12(8-10)14-11(6-7-15)9-17(2)16-14/h4-5,8-9H,6-7,15H2,1-3H3. The maximum atomic E-state index is 5.65. The van der Waals surface area contributed by atoms with Crippen molar-refractivity contribution in [3.8, 4) is 17.0 Å². The highest BCUT2D eigenvalue weighted by Gasteiger charge is 2.14. The minimum absolute atomic E-state index is 0.618. The van der Waals surface area contributed by atoms with E-state index in [9.17, 15) is 0 Å². The minimum Gasteiger partial charge on any atom is -0.496 e. The van der Waals surface area contributed by atoms with Crippen molar-refractivity contribution < 1.29 is 4.74 Å². The Balaban J connectivity index is 2.56. The fraction of sp³-hybridized carbons (Fsp3) is 0.357. The molecule has 0 radical (unpaired) electrons. The first-order valence-corrected chi connectivity index (χ1v) is 6.03. The van der Waals surface area contributed by atoms with Crippen LogP contribution in [0.4, 0.5) is 0 Å². The van der Waals surface area contributed by atoms with Crippen LogP contribution in [0.3, 0.4) is 0 Å². The molecule has 0 fully saturated rings. The smallest absolute Gasteiger partial charge is 0.128 e. The first-order valence-electron chi connectivity index (χ1n) is 6.03. The highest BCUT2D eigenvalue weighted by Crippen LogP contribution is 2.32. The van der Waals surface area contributed by atoms with E-state index < -0.39 is 0 Å². The summed E-state index contributed by atoms with van der Waals surface area (Å²) in [6.07, 6.45) is 2.84. The van der Waals surface area contributed by atoms with Gasteiger partial charge in [0.2, 0.25) is 0 Å². The third kappa shape index (κ3) is 2.38. The maximum Gasteiger partial charge on any atom is 0.128 e. The van der Waals surface area contributed by atoms with Crippen LogP contribution in [-0.2, 0) is 13.5 Å². The fourth-order valence-electron chi connectivity index (χ4n) is 2.11. The maximum absolute atomic E-state index is 5.65. The Morgan fingerprint density at radius 1 is 1.39 bits per heavy atom. The Hall–Kier alpha value is -1.81. The Morgan fingerprint density at radius 3 is 2.83 bits per heavy atom. The molecule has 0 saturated heterocycles. The molecule has 0 spiro atoms. The predicted octanol–water partition coefficient (Wildman–Crippen LogP) is 1.91. The van der Waals surface area contributed by atoms with Crippen molar-refractivity contribution in [3.05, 3.63) is 35.5 Å². The molecule has 0 atom stereocenters. The van der Waals surface area contributed by atoms with Crippen molar-refractivity contribution in [2.24, 2.45) is 12.8 Å². The normalized spacial score (nSPS) is 10.7. The van der Waals surface area contributed by atoms with Crippen LogP contribution in [0.5, 0.6) is 5.75 Å². The van der Waals surface area contributed by atoms with Crippen LogP contribution in [0.15, 0.2) is 24.4 Å². The molecule has 1 aromatic carbocycles. The Bertz CT molecular complexity index is 546. The van der Waals surface area contributed by atoms with Crippen molar-refractivity contribution in [2.75, 3.05) is 13.7 Å². The molecule has 2 N–H and O–H groups in total.